The lowest BCUT2D eigenvalue weighted by Gasteiger charge is -2.18. The zero-order valence-corrected chi connectivity index (χ0v) is 26.2. The molecular formula is C38H22F6N6. The predicted octanol–water partition coefficient (Wildman–Crippen LogP) is 10.3. The van der Waals surface area contributed by atoms with Crippen LogP contribution in [0.5, 0.6) is 0 Å². The summed E-state index contributed by atoms with van der Waals surface area (Å²) in [7, 11) is 0. The second kappa shape index (κ2) is 10.9. The van der Waals surface area contributed by atoms with Crippen molar-refractivity contribution in [1.82, 2.24) is 24.1 Å². The molecule has 0 saturated carbocycles. The molecule has 0 N–H and O–H groups in total. The Labute approximate surface area is 279 Å². The normalized spacial score (nSPS) is 12.4. The molecule has 3 aromatic heterocycles. The molecule has 50 heavy (non-hydrogen) atoms. The summed E-state index contributed by atoms with van der Waals surface area (Å²) in [6, 6.07) is 26.5. The Morgan fingerprint density at radius 1 is 0.540 bits per heavy atom. The number of aromatic nitrogens is 5. The molecule has 8 aromatic rings. The first-order chi connectivity index (χ1) is 23.8. The number of benzene rings is 5. The zero-order chi connectivity index (χ0) is 35.1. The second-order valence-electron chi connectivity index (χ2n) is 11.9. The van der Waals surface area contributed by atoms with E-state index in [9.17, 15) is 31.6 Å². The maximum Gasteiger partial charge on any atom is 0.416 e. The molecular weight excluding hydrogens is 654 g/mol. The van der Waals surface area contributed by atoms with Gasteiger partial charge in [0.15, 0.2) is 5.82 Å². The Morgan fingerprint density at radius 3 is 1.48 bits per heavy atom. The van der Waals surface area contributed by atoms with Crippen LogP contribution in [0.3, 0.4) is 0 Å². The zero-order valence-electron chi connectivity index (χ0n) is 26.2. The molecule has 0 aliphatic carbocycles. The molecule has 3 heterocycles. The van der Waals surface area contributed by atoms with Crippen molar-refractivity contribution in [2.75, 3.05) is 0 Å². The molecule has 0 radical (unpaired) electrons. The highest BCUT2D eigenvalue weighted by molar-refractivity contribution is 6.11. The first-order valence-electron chi connectivity index (χ1n) is 15.3. The van der Waals surface area contributed by atoms with Gasteiger partial charge in [-0.15, -0.1) is 0 Å². The lowest BCUT2D eigenvalue weighted by atomic mass is 10.0. The SMILES string of the molecule is Cc1nc(C)nc(-c2cc(-n3c4ccccc4c4ccc(C(F)(F)F)cc43)c(C#N)cc2-n2c3ccccc3c3ccc(C(F)(F)F)cc32)n1. The van der Waals surface area contributed by atoms with Crippen LogP contribution in [0, 0.1) is 25.2 Å². The highest BCUT2D eigenvalue weighted by Gasteiger charge is 2.33. The summed E-state index contributed by atoms with van der Waals surface area (Å²) >= 11 is 0. The van der Waals surface area contributed by atoms with Gasteiger partial charge in [-0.1, -0.05) is 48.5 Å². The van der Waals surface area contributed by atoms with E-state index in [2.05, 4.69) is 21.0 Å². The minimum absolute atomic E-state index is 0.0595. The standard InChI is InChI=1S/C38H22F6N6/c1-20-46-21(2)48-36(47-20)29-18-32(49-30-9-5-3-7-25(30)27-13-11-23(16-34(27)49)37(39,40)41)22(19-45)15-33(29)50-31-10-6-4-8-26(31)28-14-12-24(17-35(28)50)38(42,43)44/h3-18H,1-2H3. The van der Waals surface area contributed by atoms with Gasteiger partial charge in [0.1, 0.15) is 17.7 Å². The number of hydrogen-bond donors (Lipinski definition) is 0. The Bertz CT molecular complexity index is 2710. The van der Waals surface area contributed by atoms with E-state index in [1.165, 1.54) is 18.2 Å². The first-order valence-corrected chi connectivity index (χ1v) is 15.3. The average Bonchev–Trinajstić information content (AvgIpc) is 3.58. The first kappa shape index (κ1) is 31.1. The van der Waals surface area contributed by atoms with E-state index in [1.807, 2.05) is 0 Å². The fraction of sp³-hybridized carbons (Fsp3) is 0.105. The third-order valence-electron chi connectivity index (χ3n) is 8.82. The Balaban J connectivity index is 1.54. The number of hydrogen-bond acceptors (Lipinski definition) is 4. The molecule has 0 unspecified atom stereocenters. The van der Waals surface area contributed by atoms with Gasteiger partial charge in [0.25, 0.3) is 0 Å². The third kappa shape index (κ3) is 4.84. The van der Waals surface area contributed by atoms with E-state index in [0.29, 0.717) is 55.5 Å². The van der Waals surface area contributed by atoms with Gasteiger partial charge in [0.2, 0.25) is 0 Å². The highest BCUT2D eigenvalue weighted by Crippen LogP contribution is 2.42. The van der Waals surface area contributed by atoms with Crippen molar-refractivity contribution in [3.05, 3.63) is 125 Å². The Morgan fingerprint density at radius 2 is 1.00 bits per heavy atom. The largest absolute Gasteiger partial charge is 0.416 e. The molecule has 0 bridgehead atoms. The molecule has 8 rings (SSSR count). The van der Waals surface area contributed by atoms with Crippen LogP contribution in [0.1, 0.15) is 28.3 Å². The monoisotopic (exact) mass is 676 g/mol. The van der Waals surface area contributed by atoms with Crippen LogP contribution >= 0.6 is 0 Å². The number of aryl methyl sites for hydroxylation is 2. The minimum Gasteiger partial charge on any atom is -0.308 e. The summed E-state index contributed by atoms with van der Waals surface area (Å²) in [5, 5.41) is 13.1. The number of alkyl halides is 6. The maximum absolute atomic E-state index is 14.1. The van der Waals surface area contributed by atoms with Gasteiger partial charge in [-0.05, 0) is 62.4 Å². The molecule has 0 spiro atoms. The predicted molar refractivity (Wildman–Crippen MR) is 178 cm³/mol. The van der Waals surface area contributed by atoms with E-state index in [0.717, 1.165) is 24.3 Å². The fourth-order valence-corrected chi connectivity index (χ4v) is 6.76. The summed E-state index contributed by atoms with van der Waals surface area (Å²) in [5.74, 6) is 0.917. The molecule has 0 aliphatic rings. The summed E-state index contributed by atoms with van der Waals surface area (Å²) < 4.78 is 87.5. The third-order valence-corrected chi connectivity index (χ3v) is 8.82. The summed E-state index contributed by atoms with van der Waals surface area (Å²) in [5.41, 5.74) is 0.764. The molecule has 0 aliphatic heterocycles. The molecule has 5 aromatic carbocycles. The van der Waals surface area contributed by atoms with E-state index < -0.39 is 23.5 Å². The highest BCUT2D eigenvalue weighted by atomic mass is 19.4. The quantitative estimate of drug-likeness (QED) is 0.175. The topological polar surface area (TPSA) is 72.3 Å². The average molecular weight is 677 g/mol. The van der Waals surface area contributed by atoms with Crippen LogP contribution in [0.25, 0.3) is 66.4 Å². The van der Waals surface area contributed by atoms with Gasteiger partial charge in [-0.25, -0.2) is 15.0 Å². The van der Waals surface area contributed by atoms with Gasteiger partial charge in [-0.3, -0.25) is 0 Å². The lowest BCUT2D eigenvalue weighted by Crippen LogP contribution is -2.08. The molecule has 12 heteroatoms. The number of nitrogens with zero attached hydrogens (tertiary/aromatic N) is 6. The van der Waals surface area contributed by atoms with Crippen LogP contribution in [0.4, 0.5) is 26.3 Å². The van der Waals surface area contributed by atoms with Crippen LogP contribution in [0.15, 0.2) is 97.1 Å². The van der Waals surface area contributed by atoms with Crippen molar-refractivity contribution >= 4 is 43.6 Å². The van der Waals surface area contributed by atoms with Crippen LogP contribution in [0.2, 0.25) is 0 Å². The molecule has 0 amide bonds. The molecule has 0 atom stereocenters. The summed E-state index contributed by atoms with van der Waals surface area (Å²) in [4.78, 5) is 13.5. The van der Waals surface area contributed by atoms with Crippen molar-refractivity contribution in [1.29, 1.82) is 5.26 Å². The Hall–Kier alpha value is -6.22. The molecule has 0 saturated heterocycles. The van der Waals surface area contributed by atoms with Crippen LogP contribution < -0.4 is 0 Å². The lowest BCUT2D eigenvalue weighted by molar-refractivity contribution is -0.138. The van der Waals surface area contributed by atoms with Crippen LogP contribution in [-0.4, -0.2) is 24.1 Å². The van der Waals surface area contributed by atoms with Gasteiger partial charge in [0, 0.05) is 27.1 Å². The van der Waals surface area contributed by atoms with E-state index >= 15 is 0 Å². The van der Waals surface area contributed by atoms with E-state index in [-0.39, 0.29) is 28.1 Å². The minimum atomic E-state index is -4.63. The smallest absolute Gasteiger partial charge is 0.308 e. The van der Waals surface area contributed by atoms with Crippen molar-refractivity contribution in [3.63, 3.8) is 0 Å². The fourth-order valence-electron chi connectivity index (χ4n) is 6.76. The summed E-state index contributed by atoms with van der Waals surface area (Å²) in [6.45, 7) is 3.34. The number of fused-ring (bicyclic) bond motifs is 6. The number of halogens is 6. The number of para-hydroxylation sites is 2. The van der Waals surface area contributed by atoms with Crippen molar-refractivity contribution in [2.24, 2.45) is 0 Å². The van der Waals surface area contributed by atoms with E-state index in [1.54, 1.807) is 77.6 Å². The van der Waals surface area contributed by atoms with Gasteiger partial charge >= 0.3 is 12.4 Å². The van der Waals surface area contributed by atoms with Gasteiger partial charge < -0.3 is 9.13 Å². The second-order valence-corrected chi connectivity index (χ2v) is 11.9. The summed E-state index contributed by atoms with van der Waals surface area (Å²) in [6.07, 6.45) is -9.26. The van der Waals surface area contributed by atoms with Crippen molar-refractivity contribution in [2.45, 2.75) is 26.2 Å². The number of rotatable bonds is 3. The number of nitriles is 1. The molecule has 0 fully saturated rings. The maximum atomic E-state index is 14.1. The van der Waals surface area contributed by atoms with Gasteiger partial charge in [0.05, 0.1) is 50.1 Å². The molecule has 246 valence electrons. The Kier molecular flexibility index (Phi) is 6.77. The van der Waals surface area contributed by atoms with Crippen molar-refractivity contribution in [3.8, 4) is 28.8 Å². The van der Waals surface area contributed by atoms with Crippen LogP contribution in [-0.2, 0) is 12.4 Å². The van der Waals surface area contributed by atoms with E-state index in [4.69, 9.17) is 0 Å². The molecule has 6 nitrogen and oxygen atoms in total. The van der Waals surface area contributed by atoms with Gasteiger partial charge in [-0.2, -0.15) is 31.6 Å². The van der Waals surface area contributed by atoms with Crippen molar-refractivity contribution < 1.29 is 26.3 Å².